The van der Waals surface area contributed by atoms with Crippen LogP contribution in [0, 0.1) is 5.41 Å². The van der Waals surface area contributed by atoms with Crippen molar-refractivity contribution in [3.63, 3.8) is 0 Å². The van der Waals surface area contributed by atoms with Crippen molar-refractivity contribution in [2.45, 2.75) is 39.2 Å². The predicted octanol–water partition coefficient (Wildman–Crippen LogP) is 6.32. The fourth-order valence-electron chi connectivity index (χ4n) is 5.59. The van der Waals surface area contributed by atoms with Gasteiger partial charge in [0.15, 0.2) is 5.78 Å². The van der Waals surface area contributed by atoms with Crippen molar-refractivity contribution in [2.24, 2.45) is 5.41 Å². The van der Waals surface area contributed by atoms with Crippen LogP contribution < -0.4 is 20.3 Å². The summed E-state index contributed by atoms with van der Waals surface area (Å²) >= 11 is 6.00. The third kappa shape index (κ3) is 5.96. The molecule has 1 aliphatic carbocycles. The highest BCUT2D eigenvalue weighted by Gasteiger charge is 2.42. The molecule has 39 heavy (non-hydrogen) atoms. The normalized spacial score (nSPS) is 18.0. The number of ketones is 1. The average Bonchev–Trinajstić information content (AvgIpc) is 3.03. The van der Waals surface area contributed by atoms with Crippen molar-refractivity contribution in [2.75, 3.05) is 30.4 Å². The lowest BCUT2D eigenvalue weighted by atomic mass is 9.73. The van der Waals surface area contributed by atoms with Crippen LogP contribution in [0.2, 0.25) is 5.02 Å². The van der Waals surface area contributed by atoms with Crippen LogP contribution in [0.1, 0.15) is 43.9 Å². The number of hydrogen-bond donors (Lipinski definition) is 2. The number of amides is 1. The van der Waals surface area contributed by atoms with E-state index in [-0.39, 0.29) is 23.7 Å². The first-order chi connectivity index (χ1) is 18.7. The number of carbonyl (C=O) groups is 2. The number of allylic oxidation sites excluding steroid dienone is 1. The van der Waals surface area contributed by atoms with Crippen LogP contribution in [0.5, 0.6) is 5.75 Å². The molecule has 0 fully saturated rings. The minimum Gasteiger partial charge on any atom is -0.497 e. The van der Waals surface area contributed by atoms with Crippen LogP contribution in [0.15, 0.2) is 84.1 Å². The molecule has 0 bridgehead atoms. The van der Waals surface area contributed by atoms with Gasteiger partial charge in [0.05, 0.1) is 31.1 Å². The second-order valence-electron chi connectivity index (χ2n) is 11.0. The Morgan fingerprint density at radius 3 is 2.62 bits per heavy atom. The Hall–Kier alpha value is -3.77. The minimum atomic E-state index is -0.447. The van der Waals surface area contributed by atoms with Gasteiger partial charge in [-0.1, -0.05) is 61.8 Å². The van der Waals surface area contributed by atoms with Gasteiger partial charge in [-0.25, -0.2) is 0 Å². The highest BCUT2D eigenvalue weighted by molar-refractivity contribution is 6.30. The molecule has 1 atom stereocenters. The zero-order valence-electron chi connectivity index (χ0n) is 22.6. The van der Waals surface area contributed by atoms with Gasteiger partial charge in [0.1, 0.15) is 5.75 Å². The summed E-state index contributed by atoms with van der Waals surface area (Å²) in [6, 6.07) is 22.9. The van der Waals surface area contributed by atoms with Crippen LogP contribution in [-0.4, -0.2) is 31.9 Å². The first kappa shape index (κ1) is 26.8. The molecule has 7 heteroatoms. The summed E-state index contributed by atoms with van der Waals surface area (Å²) in [5.41, 5.74) is 5.24. The Bertz CT molecular complexity index is 1410. The number of carbonyl (C=O) groups excluding carboxylic acids is 2. The number of methoxy groups -OCH3 is 1. The summed E-state index contributed by atoms with van der Waals surface area (Å²) in [7, 11) is 1.63. The fraction of sp³-hybridized carbons (Fsp3) is 0.312. The predicted molar refractivity (Wildman–Crippen MR) is 156 cm³/mol. The number of halogens is 1. The lowest BCUT2D eigenvalue weighted by Gasteiger charge is -2.38. The number of nitrogens with one attached hydrogen (secondary N) is 2. The Morgan fingerprint density at radius 2 is 1.85 bits per heavy atom. The van der Waals surface area contributed by atoms with Gasteiger partial charge in [0, 0.05) is 29.3 Å². The highest BCUT2D eigenvalue weighted by atomic mass is 35.5. The van der Waals surface area contributed by atoms with Gasteiger partial charge >= 0.3 is 0 Å². The van der Waals surface area contributed by atoms with E-state index in [0.29, 0.717) is 35.7 Å². The van der Waals surface area contributed by atoms with Crippen LogP contribution in [0.4, 0.5) is 11.4 Å². The summed E-state index contributed by atoms with van der Waals surface area (Å²) in [6.45, 7) is 4.84. The molecule has 3 aromatic rings. The molecule has 1 amide bonds. The molecule has 1 aliphatic heterocycles. The van der Waals surface area contributed by atoms with E-state index in [0.717, 1.165) is 34.6 Å². The van der Waals surface area contributed by atoms with E-state index in [1.165, 1.54) is 0 Å². The van der Waals surface area contributed by atoms with Crippen molar-refractivity contribution in [1.82, 2.24) is 5.32 Å². The van der Waals surface area contributed by atoms with Crippen molar-refractivity contribution in [1.29, 1.82) is 0 Å². The average molecular weight is 544 g/mol. The number of fused-ring (bicyclic) bond motifs is 1. The first-order valence-corrected chi connectivity index (χ1v) is 13.7. The number of rotatable bonds is 7. The Kier molecular flexibility index (Phi) is 7.67. The van der Waals surface area contributed by atoms with Crippen LogP contribution in [-0.2, 0) is 16.0 Å². The molecule has 0 aromatic heterocycles. The van der Waals surface area contributed by atoms with Crippen molar-refractivity contribution in [3.05, 3.63) is 100 Å². The highest BCUT2D eigenvalue weighted by Crippen LogP contribution is 2.48. The Morgan fingerprint density at radius 1 is 1.08 bits per heavy atom. The minimum absolute atomic E-state index is 0.0919. The largest absolute Gasteiger partial charge is 0.497 e. The number of Topliss-reactive ketones (excluding diaryl/α,β-unsaturated/α-hetero) is 1. The fourth-order valence-corrected chi connectivity index (χ4v) is 5.72. The van der Waals surface area contributed by atoms with Crippen LogP contribution in [0.3, 0.4) is 0 Å². The smallest absolute Gasteiger partial charge is 0.239 e. The summed E-state index contributed by atoms with van der Waals surface area (Å²) in [5, 5.41) is 7.36. The molecule has 6 nitrogen and oxygen atoms in total. The van der Waals surface area contributed by atoms with E-state index < -0.39 is 6.04 Å². The zero-order valence-corrected chi connectivity index (χ0v) is 23.3. The molecule has 0 saturated heterocycles. The Balaban J connectivity index is 1.51. The number of hydrogen-bond acceptors (Lipinski definition) is 5. The maximum atomic E-state index is 13.8. The number of nitrogens with zero attached hydrogens (tertiary/aromatic N) is 1. The maximum Gasteiger partial charge on any atom is 0.239 e. The van der Waals surface area contributed by atoms with Crippen LogP contribution in [0.25, 0.3) is 0 Å². The van der Waals surface area contributed by atoms with E-state index in [2.05, 4.69) is 24.5 Å². The summed E-state index contributed by atoms with van der Waals surface area (Å²) in [4.78, 5) is 29.3. The van der Waals surface area contributed by atoms with Gasteiger partial charge in [-0.3, -0.25) is 9.59 Å². The number of para-hydroxylation sites is 2. The Labute approximate surface area is 235 Å². The summed E-state index contributed by atoms with van der Waals surface area (Å²) in [5.74, 6) is 0.693. The molecular formula is C32H34ClN3O3. The molecular weight excluding hydrogens is 510 g/mol. The lowest BCUT2D eigenvalue weighted by molar-refractivity contribution is -0.120. The molecule has 2 aliphatic rings. The summed E-state index contributed by atoms with van der Waals surface area (Å²) < 4.78 is 5.54. The van der Waals surface area contributed by atoms with Gasteiger partial charge in [-0.05, 0) is 65.8 Å². The molecule has 1 unspecified atom stereocenters. The van der Waals surface area contributed by atoms with Crippen molar-refractivity contribution >= 4 is 34.7 Å². The number of ether oxygens (including phenoxy) is 1. The molecule has 1 heterocycles. The third-order valence-electron chi connectivity index (χ3n) is 7.38. The topological polar surface area (TPSA) is 70.7 Å². The van der Waals surface area contributed by atoms with Gasteiger partial charge in [-0.15, -0.1) is 0 Å². The van der Waals surface area contributed by atoms with Crippen molar-refractivity contribution in [3.8, 4) is 5.75 Å². The molecule has 5 rings (SSSR count). The second-order valence-corrected chi connectivity index (χ2v) is 11.4. The second kappa shape index (κ2) is 11.1. The molecule has 0 saturated carbocycles. The molecule has 0 radical (unpaired) electrons. The maximum absolute atomic E-state index is 13.8. The molecule has 2 N–H and O–H groups in total. The zero-order chi connectivity index (χ0) is 27.6. The van der Waals surface area contributed by atoms with Crippen LogP contribution >= 0.6 is 11.6 Å². The van der Waals surface area contributed by atoms with Crippen molar-refractivity contribution < 1.29 is 14.3 Å². The van der Waals surface area contributed by atoms with Gasteiger partial charge in [0.2, 0.25) is 5.91 Å². The van der Waals surface area contributed by atoms with Gasteiger partial charge in [0.25, 0.3) is 0 Å². The first-order valence-electron chi connectivity index (χ1n) is 13.3. The van der Waals surface area contributed by atoms with Gasteiger partial charge < -0.3 is 20.3 Å². The van der Waals surface area contributed by atoms with E-state index in [9.17, 15) is 9.59 Å². The number of benzene rings is 3. The lowest BCUT2D eigenvalue weighted by Crippen LogP contribution is -2.42. The molecule has 0 spiro atoms. The monoisotopic (exact) mass is 543 g/mol. The van der Waals surface area contributed by atoms with E-state index in [1.54, 1.807) is 7.11 Å². The van der Waals surface area contributed by atoms with E-state index >= 15 is 0 Å². The van der Waals surface area contributed by atoms with Gasteiger partial charge in [-0.2, -0.15) is 0 Å². The SMILES string of the molecule is COc1cccc(C2C3=C(CC(C)(C)CC3=O)Nc3ccccc3N2CC(=O)NCCc2ccc(Cl)cc2)c1. The number of anilines is 2. The molecule has 3 aromatic carbocycles. The third-order valence-corrected chi connectivity index (χ3v) is 7.63. The molecule has 202 valence electrons. The van der Waals surface area contributed by atoms with E-state index in [1.807, 2.05) is 77.7 Å². The quantitative estimate of drug-likeness (QED) is 0.365. The standard InChI is InChI=1S/C32H34ClN3O3/c1-32(2)18-26-30(28(37)19-32)31(22-7-6-8-24(17-22)39-3)36(27-10-5-4-9-25(27)35-26)20-29(38)34-16-15-21-11-13-23(33)14-12-21/h4-14,17,31,35H,15-16,18-20H2,1-3H3,(H,34,38). The van der Waals surface area contributed by atoms with E-state index in [4.69, 9.17) is 16.3 Å². The summed E-state index contributed by atoms with van der Waals surface area (Å²) in [6.07, 6.45) is 1.89.